The van der Waals surface area contributed by atoms with Crippen molar-refractivity contribution in [1.82, 2.24) is 10.2 Å². The highest BCUT2D eigenvalue weighted by molar-refractivity contribution is 14.0. The highest BCUT2D eigenvalue weighted by Gasteiger charge is 2.18. The molecule has 8 heteroatoms. The number of hydrogen-bond donors (Lipinski definition) is 1. The van der Waals surface area contributed by atoms with Gasteiger partial charge in [0.05, 0.1) is 13.7 Å². The van der Waals surface area contributed by atoms with Gasteiger partial charge < -0.3 is 15.0 Å². The number of aliphatic imine (C=N–C) groups is 1. The Kier molecular flexibility index (Phi) is 11.3. The fourth-order valence-corrected chi connectivity index (χ4v) is 3.04. The molecule has 0 aliphatic heterocycles. The highest BCUT2D eigenvalue weighted by Crippen LogP contribution is 2.18. The van der Waals surface area contributed by atoms with Crippen molar-refractivity contribution < 1.29 is 13.3 Å². The van der Waals surface area contributed by atoms with Crippen LogP contribution in [0.4, 0.5) is 4.39 Å². The number of guanidine groups is 1. The SMILES string of the molecule is CCNC(=NCCS(=O)C(C)(C)C)N(C)Cc1ccc(OC)c(F)c1.I. The number of methoxy groups -OCH3 is 1. The molecule has 1 rings (SSSR count). The minimum atomic E-state index is -0.933. The lowest BCUT2D eigenvalue weighted by molar-refractivity contribution is 0.385. The Balaban J connectivity index is 0.00000625. The van der Waals surface area contributed by atoms with Crippen LogP contribution >= 0.6 is 24.0 Å². The second kappa shape index (κ2) is 11.7. The van der Waals surface area contributed by atoms with Crippen molar-refractivity contribution >= 4 is 40.7 Å². The summed E-state index contributed by atoms with van der Waals surface area (Å²) in [5.41, 5.74) is 0.824. The maximum Gasteiger partial charge on any atom is 0.193 e. The topological polar surface area (TPSA) is 53.9 Å². The molecule has 1 atom stereocenters. The summed E-state index contributed by atoms with van der Waals surface area (Å²) in [6.45, 7) is 9.59. The first kappa shape index (κ1) is 25.1. The molecule has 0 saturated carbocycles. The van der Waals surface area contributed by atoms with Gasteiger partial charge >= 0.3 is 0 Å². The summed E-state index contributed by atoms with van der Waals surface area (Å²) in [5.74, 6) is 1.08. The van der Waals surface area contributed by atoms with E-state index in [9.17, 15) is 8.60 Å². The molecule has 0 amide bonds. The van der Waals surface area contributed by atoms with Crippen LogP contribution in [0.15, 0.2) is 23.2 Å². The van der Waals surface area contributed by atoms with Crippen LogP contribution in [0.2, 0.25) is 0 Å². The van der Waals surface area contributed by atoms with Crippen LogP contribution < -0.4 is 10.1 Å². The van der Waals surface area contributed by atoms with E-state index in [-0.39, 0.29) is 40.3 Å². The zero-order chi connectivity index (χ0) is 19.0. The van der Waals surface area contributed by atoms with Gasteiger partial charge in [-0.05, 0) is 45.4 Å². The smallest absolute Gasteiger partial charge is 0.193 e. The van der Waals surface area contributed by atoms with Crippen molar-refractivity contribution in [3.63, 3.8) is 0 Å². The molecule has 5 nitrogen and oxygen atoms in total. The van der Waals surface area contributed by atoms with Gasteiger partial charge in [0.2, 0.25) is 0 Å². The quantitative estimate of drug-likeness (QED) is 0.355. The largest absolute Gasteiger partial charge is 0.494 e. The van der Waals surface area contributed by atoms with Crippen LogP contribution in [0.1, 0.15) is 33.3 Å². The van der Waals surface area contributed by atoms with Gasteiger partial charge in [0.25, 0.3) is 0 Å². The van der Waals surface area contributed by atoms with E-state index in [1.54, 1.807) is 6.07 Å². The lowest BCUT2D eigenvalue weighted by Gasteiger charge is -2.23. The number of halogens is 2. The Labute approximate surface area is 176 Å². The van der Waals surface area contributed by atoms with Crippen molar-refractivity contribution in [2.75, 3.05) is 33.0 Å². The molecule has 0 fully saturated rings. The average molecular weight is 499 g/mol. The molecular formula is C18H31FIN3O2S. The van der Waals surface area contributed by atoms with E-state index < -0.39 is 10.8 Å². The summed E-state index contributed by atoms with van der Waals surface area (Å²) in [6.07, 6.45) is 0. The summed E-state index contributed by atoms with van der Waals surface area (Å²) >= 11 is 0. The Bertz CT molecular complexity index is 621. The van der Waals surface area contributed by atoms with E-state index in [2.05, 4.69) is 10.3 Å². The molecule has 0 radical (unpaired) electrons. The zero-order valence-corrected chi connectivity index (χ0v) is 19.6. The van der Waals surface area contributed by atoms with Crippen molar-refractivity contribution in [3.8, 4) is 5.75 Å². The van der Waals surface area contributed by atoms with Crippen LogP contribution in [-0.2, 0) is 17.3 Å². The second-order valence-electron chi connectivity index (χ2n) is 6.72. The predicted molar refractivity (Wildman–Crippen MR) is 119 cm³/mol. The Morgan fingerprint density at radius 2 is 2.04 bits per heavy atom. The van der Waals surface area contributed by atoms with Crippen LogP contribution in [0, 0.1) is 5.82 Å². The van der Waals surface area contributed by atoms with Gasteiger partial charge in [0.15, 0.2) is 17.5 Å². The monoisotopic (exact) mass is 499 g/mol. The van der Waals surface area contributed by atoms with Crippen molar-refractivity contribution in [2.24, 2.45) is 4.99 Å². The summed E-state index contributed by atoms with van der Waals surface area (Å²) in [6, 6.07) is 4.92. The summed E-state index contributed by atoms with van der Waals surface area (Å²) in [4.78, 5) is 6.46. The number of nitrogens with one attached hydrogen (secondary N) is 1. The van der Waals surface area contributed by atoms with Crippen LogP contribution in [0.3, 0.4) is 0 Å². The van der Waals surface area contributed by atoms with Gasteiger partial charge in [-0.2, -0.15) is 0 Å². The van der Waals surface area contributed by atoms with Crippen molar-refractivity contribution in [3.05, 3.63) is 29.6 Å². The molecule has 26 heavy (non-hydrogen) atoms. The molecular weight excluding hydrogens is 468 g/mol. The van der Waals surface area contributed by atoms with Gasteiger partial charge in [-0.1, -0.05) is 6.07 Å². The summed E-state index contributed by atoms with van der Waals surface area (Å²) in [5, 5.41) is 3.21. The third-order valence-corrected chi connectivity index (χ3v) is 5.47. The van der Waals surface area contributed by atoms with E-state index in [4.69, 9.17) is 4.74 Å². The minimum absolute atomic E-state index is 0. The molecule has 0 heterocycles. The molecule has 1 N–H and O–H groups in total. The maximum absolute atomic E-state index is 13.8. The molecule has 0 saturated heterocycles. The second-order valence-corrected chi connectivity index (χ2v) is 9.05. The average Bonchev–Trinajstić information content (AvgIpc) is 2.53. The third kappa shape index (κ3) is 8.20. The normalized spacial score (nSPS) is 13.0. The third-order valence-electron chi connectivity index (χ3n) is 3.55. The fourth-order valence-electron chi connectivity index (χ4n) is 2.17. The van der Waals surface area contributed by atoms with E-state index in [1.807, 2.05) is 45.7 Å². The van der Waals surface area contributed by atoms with Gasteiger partial charge in [-0.15, -0.1) is 24.0 Å². The number of ether oxygens (including phenoxy) is 1. The first-order chi connectivity index (χ1) is 11.7. The van der Waals surface area contributed by atoms with E-state index in [0.29, 0.717) is 24.8 Å². The highest BCUT2D eigenvalue weighted by atomic mass is 127. The standard InChI is InChI=1S/C18H30FN3O2S.HI/c1-7-20-17(21-10-11-25(23)18(2,3)4)22(5)13-14-8-9-16(24-6)15(19)12-14;/h8-9,12H,7,10-11,13H2,1-6H3,(H,20,21);1H. The van der Waals surface area contributed by atoms with Crippen molar-refractivity contribution in [1.29, 1.82) is 0 Å². The zero-order valence-electron chi connectivity index (χ0n) is 16.5. The van der Waals surface area contributed by atoms with Crippen LogP contribution in [0.25, 0.3) is 0 Å². The van der Waals surface area contributed by atoms with Gasteiger partial charge in [0.1, 0.15) is 0 Å². The predicted octanol–water partition coefficient (Wildman–Crippen LogP) is 3.40. The Hall–Kier alpha value is -0.900. The number of hydrogen-bond acceptors (Lipinski definition) is 3. The fraction of sp³-hybridized carbons (Fsp3) is 0.611. The summed E-state index contributed by atoms with van der Waals surface area (Å²) < 4.78 is 30.7. The maximum atomic E-state index is 13.8. The van der Waals surface area contributed by atoms with Gasteiger partial charge in [0, 0.05) is 41.4 Å². The van der Waals surface area contributed by atoms with Gasteiger partial charge in [-0.25, -0.2) is 4.39 Å². The number of rotatable bonds is 7. The first-order valence-corrected chi connectivity index (χ1v) is 9.71. The van der Waals surface area contributed by atoms with E-state index in [1.165, 1.54) is 13.2 Å². The minimum Gasteiger partial charge on any atom is -0.494 e. The molecule has 150 valence electrons. The molecule has 0 bridgehead atoms. The molecule has 0 spiro atoms. The number of benzene rings is 1. The lowest BCUT2D eigenvalue weighted by Crippen LogP contribution is -2.39. The number of nitrogens with zero attached hydrogens (tertiary/aromatic N) is 2. The molecule has 1 unspecified atom stereocenters. The Morgan fingerprint density at radius 1 is 1.38 bits per heavy atom. The van der Waals surface area contributed by atoms with E-state index in [0.717, 1.165) is 12.1 Å². The molecule has 0 aromatic heterocycles. The molecule has 0 aliphatic rings. The van der Waals surface area contributed by atoms with Crippen LogP contribution in [-0.4, -0.2) is 52.8 Å². The van der Waals surface area contributed by atoms with E-state index >= 15 is 0 Å². The molecule has 0 aliphatic carbocycles. The summed E-state index contributed by atoms with van der Waals surface area (Å²) in [7, 11) is 2.41. The van der Waals surface area contributed by atoms with Crippen LogP contribution in [0.5, 0.6) is 5.75 Å². The first-order valence-electron chi connectivity index (χ1n) is 8.39. The molecule has 1 aromatic carbocycles. The Morgan fingerprint density at radius 3 is 2.54 bits per heavy atom. The van der Waals surface area contributed by atoms with Gasteiger partial charge in [-0.3, -0.25) is 9.20 Å². The molecule has 1 aromatic rings. The van der Waals surface area contributed by atoms with Crippen molar-refractivity contribution in [2.45, 2.75) is 39.0 Å². The lowest BCUT2D eigenvalue weighted by atomic mass is 10.2.